The maximum Gasteiger partial charge on any atom is 0.416 e. The van der Waals surface area contributed by atoms with Crippen LogP contribution in [-0.4, -0.2) is 55.6 Å². The van der Waals surface area contributed by atoms with Crippen LogP contribution in [0.15, 0.2) is 24.3 Å². The molecule has 1 aliphatic heterocycles. The number of hydrogen-bond acceptors (Lipinski definition) is 3. The summed E-state index contributed by atoms with van der Waals surface area (Å²) >= 11 is 0. The first-order valence-corrected chi connectivity index (χ1v) is 7.55. The van der Waals surface area contributed by atoms with Gasteiger partial charge in [-0.2, -0.15) is 13.2 Å². The van der Waals surface area contributed by atoms with Gasteiger partial charge in [0.05, 0.1) is 5.56 Å². The first-order valence-electron chi connectivity index (χ1n) is 7.55. The molecule has 1 aromatic rings. The van der Waals surface area contributed by atoms with Crippen LogP contribution >= 0.6 is 0 Å². The summed E-state index contributed by atoms with van der Waals surface area (Å²) in [5.41, 5.74) is 0.211. The fourth-order valence-electron chi connectivity index (χ4n) is 2.65. The molecule has 128 valence electrons. The summed E-state index contributed by atoms with van der Waals surface area (Å²) in [6, 6.07) is 5.26. The first kappa shape index (κ1) is 17.7. The van der Waals surface area contributed by atoms with Crippen LogP contribution < -0.4 is 0 Å². The Morgan fingerprint density at radius 1 is 1.13 bits per heavy atom. The molecule has 4 nitrogen and oxygen atoms in total. The monoisotopic (exact) mass is 330 g/mol. The van der Waals surface area contributed by atoms with Crippen LogP contribution in [0.3, 0.4) is 0 Å². The predicted octanol–water partition coefficient (Wildman–Crippen LogP) is 2.39. The summed E-state index contributed by atoms with van der Waals surface area (Å²) in [5.74, 6) is -0.0242. The van der Waals surface area contributed by atoms with E-state index in [9.17, 15) is 18.0 Å². The van der Waals surface area contributed by atoms with Gasteiger partial charge in [0.25, 0.3) is 0 Å². The van der Waals surface area contributed by atoms with Crippen LogP contribution in [0.4, 0.5) is 13.2 Å². The lowest BCUT2D eigenvalue weighted by molar-refractivity contribution is -0.137. The summed E-state index contributed by atoms with van der Waals surface area (Å²) in [7, 11) is 1.49. The van der Waals surface area contributed by atoms with Gasteiger partial charge in [0.1, 0.15) is 6.61 Å². The highest BCUT2D eigenvalue weighted by Gasteiger charge is 2.30. The van der Waals surface area contributed by atoms with Gasteiger partial charge in [0.2, 0.25) is 5.91 Å². The average molecular weight is 330 g/mol. The Hall–Kier alpha value is -1.60. The largest absolute Gasteiger partial charge is 0.416 e. The highest BCUT2D eigenvalue weighted by Crippen LogP contribution is 2.29. The van der Waals surface area contributed by atoms with E-state index < -0.39 is 11.7 Å². The SMILES string of the molecule is COCC(=O)N1CCCN(Cc2ccc(C(F)(F)F)cc2)CC1. The van der Waals surface area contributed by atoms with Crippen LogP contribution in [-0.2, 0) is 22.3 Å². The third-order valence-corrected chi connectivity index (χ3v) is 3.90. The van der Waals surface area contributed by atoms with Crippen molar-refractivity contribution in [2.45, 2.75) is 19.1 Å². The molecule has 2 rings (SSSR count). The van der Waals surface area contributed by atoms with Crippen molar-refractivity contribution < 1.29 is 22.7 Å². The lowest BCUT2D eigenvalue weighted by Crippen LogP contribution is -2.37. The van der Waals surface area contributed by atoms with Crippen LogP contribution in [0.2, 0.25) is 0 Å². The number of hydrogen-bond donors (Lipinski definition) is 0. The summed E-state index contributed by atoms with van der Waals surface area (Å²) < 4.78 is 42.5. The lowest BCUT2D eigenvalue weighted by Gasteiger charge is -2.22. The minimum atomic E-state index is -4.30. The minimum absolute atomic E-state index is 0.0242. The number of carbonyl (C=O) groups excluding carboxylic acids is 1. The molecule has 0 N–H and O–H groups in total. The fourth-order valence-corrected chi connectivity index (χ4v) is 2.65. The minimum Gasteiger partial charge on any atom is -0.375 e. The Labute approximate surface area is 133 Å². The van der Waals surface area contributed by atoms with Gasteiger partial charge < -0.3 is 9.64 Å². The molecular weight excluding hydrogens is 309 g/mol. The number of benzene rings is 1. The second-order valence-corrected chi connectivity index (χ2v) is 5.64. The van der Waals surface area contributed by atoms with E-state index in [1.165, 1.54) is 19.2 Å². The normalized spacial score (nSPS) is 17.1. The zero-order chi connectivity index (χ0) is 16.9. The Morgan fingerprint density at radius 3 is 2.43 bits per heavy atom. The molecule has 0 bridgehead atoms. The number of alkyl halides is 3. The number of rotatable bonds is 4. The van der Waals surface area contributed by atoms with Crippen molar-refractivity contribution in [2.75, 3.05) is 39.9 Å². The summed E-state index contributed by atoms with van der Waals surface area (Å²) in [5, 5.41) is 0. The smallest absolute Gasteiger partial charge is 0.375 e. The van der Waals surface area contributed by atoms with Crippen molar-refractivity contribution in [3.05, 3.63) is 35.4 Å². The van der Waals surface area contributed by atoms with Gasteiger partial charge in [0.15, 0.2) is 0 Å². The summed E-state index contributed by atoms with van der Waals surface area (Å²) in [6.45, 7) is 3.49. The molecule has 1 aromatic carbocycles. The Kier molecular flexibility index (Phi) is 6.01. The summed E-state index contributed by atoms with van der Waals surface area (Å²) in [6.07, 6.45) is -3.46. The zero-order valence-electron chi connectivity index (χ0n) is 13.1. The maximum absolute atomic E-state index is 12.6. The Balaban J connectivity index is 1.90. The molecule has 0 aliphatic carbocycles. The predicted molar refractivity (Wildman–Crippen MR) is 79.8 cm³/mol. The molecule has 0 saturated carbocycles. The van der Waals surface area contributed by atoms with E-state index >= 15 is 0 Å². The number of nitrogens with zero attached hydrogens (tertiary/aromatic N) is 2. The van der Waals surface area contributed by atoms with Gasteiger partial charge in [-0.3, -0.25) is 9.69 Å². The second kappa shape index (κ2) is 7.79. The molecule has 0 unspecified atom stereocenters. The van der Waals surface area contributed by atoms with Crippen LogP contribution in [0, 0.1) is 0 Å². The molecule has 7 heteroatoms. The Morgan fingerprint density at radius 2 is 1.83 bits per heavy atom. The highest BCUT2D eigenvalue weighted by atomic mass is 19.4. The van der Waals surface area contributed by atoms with Crippen molar-refractivity contribution in [1.82, 2.24) is 9.80 Å². The first-order chi connectivity index (χ1) is 10.9. The van der Waals surface area contributed by atoms with E-state index in [1.54, 1.807) is 4.90 Å². The van der Waals surface area contributed by atoms with Gasteiger partial charge in [0, 0.05) is 39.8 Å². The van der Waals surface area contributed by atoms with E-state index in [0.29, 0.717) is 26.2 Å². The number of halogens is 3. The van der Waals surface area contributed by atoms with Crippen molar-refractivity contribution >= 4 is 5.91 Å². The van der Waals surface area contributed by atoms with Crippen LogP contribution in [0.25, 0.3) is 0 Å². The molecule has 0 atom stereocenters. The third-order valence-electron chi connectivity index (χ3n) is 3.90. The van der Waals surface area contributed by atoms with Crippen molar-refractivity contribution in [2.24, 2.45) is 0 Å². The topological polar surface area (TPSA) is 32.8 Å². The molecule has 1 amide bonds. The standard InChI is InChI=1S/C16H21F3N2O2/c1-23-12-15(22)21-8-2-7-20(9-10-21)11-13-3-5-14(6-4-13)16(17,18)19/h3-6H,2,7-12H2,1H3. The summed E-state index contributed by atoms with van der Waals surface area (Å²) in [4.78, 5) is 15.8. The quantitative estimate of drug-likeness (QED) is 0.850. The van der Waals surface area contributed by atoms with Crippen molar-refractivity contribution in [1.29, 1.82) is 0 Å². The van der Waals surface area contributed by atoms with E-state index in [-0.39, 0.29) is 12.5 Å². The van der Waals surface area contributed by atoms with Gasteiger partial charge in [-0.15, -0.1) is 0 Å². The van der Waals surface area contributed by atoms with Gasteiger partial charge in [-0.05, 0) is 24.1 Å². The van der Waals surface area contributed by atoms with Crippen LogP contribution in [0.5, 0.6) is 0 Å². The Bertz CT molecular complexity index is 517. The second-order valence-electron chi connectivity index (χ2n) is 5.64. The fraction of sp³-hybridized carbons (Fsp3) is 0.562. The number of amides is 1. The molecule has 1 heterocycles. The van der Waals surface area contributed by atoms with E-state index in [4.69, 9.17) is 4.74 Å². The third kappa shape index (κ3) is 5.21. The number of ether oxygens (including phenoxy) is 1. The highest BCUT2D eigenvalue weighted by molar-refractivity contribution is 5.77. The molecule has 0 spiro atoms. The molecule has 0 aromatic heterocycles. The lowest BCUT2D eigenvalue weighted by atomic mass is 10.1. The molecular formula is C16H21F3N2O2. The van der Waals surface area contributed by atoms with E-state index in [0.717, 1.165) is 30.7 Å². The van der Waals surface area contributed by atoms with Gasteiger partial charge >= 0.3 is 6.18 Å². The molecule has 1 aliphatic rings. The van der Waals surface area contributed by atoms with E-state index in [1.807, 2.05) is 0 Å². The average Bonchev–Trinajstić information content (AvgIpc) is 2.73. The van der Waals surface area contributed by atoms with Gasteiger partial charge in [-0.1, -0.05) is 12.1 Å². The molecule has 1 saturated heterocycles. The van der Waals surface area contributed by atoms with Gasteiger partial charge in [-0.25, -0.2) is 0 Å². The van der Waals surface area contributed by atoms with Crippen LogP contribution in [0.1, 0.15) is 17.5 Å². The number of methoxy groups -OCH3 is 1. The molecule has 23 heavy (non-hydrogen) atoms. The van der Waals surface area contributed by atoms with E-state index in [2.05, 4.69) is 4.90 Å². The zero-order valence-corrected chi connectivity index (χ0v) is 13.1. The van der Waals surface area contributed by atoms with Crippen molar-refractivity contribution in [3.8, 4) is 0 Å². The molecule has 1 fully saturated rings. The maximum atomic E-state index is 12.6. The van der Waals surface area contributed by atoms with Crippen molar-refractivity contribution in [3.63, 3.8) is 0 Å². The number of carbonyl (C=O) groups is 1. The molecule has 0 radical (unpaired) electrons.